The summed E-state index contributed by atoms with van der Waals surface area (Å²) < 4.78 is 30.7. The van der Waals surface area contributed by atoms with E-state index in [1.165, 1.54) is 4.31 Å². The Labute approximate surface area is 220 Å². The lowest BCUT2D eigenvalue weighted by molar-refractivity contribution is 0.0937. The monoisotopic (exact) mass is 538 g/mol. The van der Waals surface area contributed by atoms with E-state index in [0.29, 0.717) is 59.7 Å². The van der Waals surface area contributed by atoms with Gasteiger partial charge in [-0.1, -0.05) is 0 Å². The average molecular weight is 539 g/mol. The first-order valence-electron chi connectivity index (χ1n) is 11.9. The van der Waals surface area contributed by atoms with Gasteiger partial charge in [0, 0.05) is 49.2 Å². The number of ether oxygens (including phenoxy) is 1. The normalized spacial score (nSPS) is 11.3. The van der Waals surface area contributed by atoms with Crippen LogP contribution >= 0.6 is 0 Å². The zero-order chi connectivity index (χ0) is 27.1. The van der Waals surface area contributed by atoms with Gasteiger partial charge in [-0.05, 0) is 49.4 Å². The molecule has 4 rings (SSSR count). The van der Waals surface area contributed by atoms with Gasteiger partial charge < -0.3 is 25.7 Å². The van der Waals surface area contributed by atoms with Crippen molar-refractivity contribution >= 4 is 50.1 Å². The highest BCUT2D eigenvalue weighted by Crippen LogP contribution is 2.26. The standard InChI is InChI=1S/C25H30N8O4S/c1-4-33(38(3,35)36)23-20(6-5-12-27-23)29-16-21-19-11-13-26-22(19)32-25(31-21)30-18-9-7-17(8-10-18)24(34)28-14-15-37-2/h5-13,29H,4,14-16H2,1-3H3,(H,28,34)(H2,26,30,31,32). The number of carbonyl (C=O) groups excluding carboxylic acids is 1. The van der Waals surface area contributed by atoms with E-state index in [2.05, 4.69) is 35.9 Å². The average Bonchev–Trinajstić information content (AvgIpc) is 3.37. The molecule has 0 atom stereocenters. The summed E-state index contributed by atoms with van der Waals surface area (Å²) in [6.45, 7) is 3.18. The summed E-state index contributed by atoms with van der Waals surface area (Å²) in [7, 11) is -1.92. The van der Waals surface area contributed by atoms with Crippen molar-refractivity contribution in [3.8, 4) is 0 Å². The van der Waals surface area contributed by atoms with Crippen LogP contribution in [0.3, 0.4) is 0 Å². The van der Waals surface area contributed by atoms with Crippen LogP contribution in [0.4, 0.5) is 23.1 Å². The Kier molecular flexibility index (Phi) is 8.38. The van der Waals surface area contributed by atoms with Crippen LogP contribution in [-0.2, 0) is 21.3 Å². The summed E-state index contributed by atoms with van der Waals surface area (Å²) in [4.78, 5) is 28.8. The first-order chi connectivity index (χ1) is 18.3. The molecule has 0 fully saturated rings. The Bertz CT molecular complexity index is 1510. The number of benzene rings is 1. The number of anilines is 4. The summed E-state index contributed by atoms with van der Waals surface area (Å²) in [5.41, 5.74) is 3.15. The maximum atomic E-state index is 12.3. The lowest BCUT2D eigenvalue weighted by Gasteiger charge is -2.22. The third-order valence-corrected chi connectivity index (χ3v) is 6.88. The van der Waals surface area contributed by atoms with Crippen LogP contribution in [0.15, 0.2) is 54.9 Å². The largest absolute Gasteiger partial charge is 0.383 e. The first kappa shape index (κ1) is 26.8. The van der Waals surface area contributed by atoms with Crippen molar-refractivity contribution in [2.75, 3.05) is 48.0 Å². The van der Waals surface area contributed by atoms with Gasteiger partial charge in [0.05, 0.1) is 30.8 Å². The number of pyridine rings is 1. The molecule has 0 aliphatic rings. The Hall–Kier alpha value is -4.23. The van der Waals surface area contributed by atoms with Crippen molar-refractivity contribution in [3.63, 3.8) is 0 Å². The summed E-state index contributed by atoms with van der Waals surface area (Å²) in [6, 6.07) is 12.4. The molecule has 3 aromatic heterocycles. The van der Waals surface area contributed by atoms with Crippen molar-refractivity contribution in [2.45, 2.75) is 13.5 Å². The Balaban J connectivity index is 1.53. The minimum absolute atomic E-state index is 0.182. The van der Waals surface area contributed by atoms with Gasteiger partial charge in [0.2, 0.25) is 16.0 Å². The van der Waals surface area contributed by atoms with Gasteiger partial charge in [0.1, 0.15) is 5.65 Å². The molecule has 0 saturated carbocycles. The van der Waals surface area contributed by atoms with Gasteiger partial charge >= 0.3 is 0 Å². The number of nitrogens with one attached hydrogen (secondary N) is 4. The predicted molar refractivity (Wildman–Crippen MR) is 147 cm³/mol. The Morgan fingerprint density at radius 1 is 1.13 bits per heavy atom. The smallest absolute Gasteiger partial charge is 0.251 e. The van der Waals surface area contributed by atoms with Crippen molar-refractivity contribution in [1.82, 2.24) is 25.3 Å². The number of H-pyrrole nitrogens is 1. The number of hydrogen-bond donors (Lipinski definition) is 4. The second-order valence-electron chi connectivity index (χ2n) is 8.34. The molecular weight excluding hydrogens is 508 g/mol. The highest BCUT2D eigenvalue weighted by Gasteiger charge is 2.20. The Morgan fingerprint density at radius 3 is 2.63 bits per heavy atom. The van der Waals surface area contributed by atoms with Gasteiger partial charge in [-0.3, -0.25) is 9.10 Å². The topological polar surface area (TPSA) is 154 Å². The second-order valence-corrected chi connectivity index (χ2v) is 10.2. The third kappa shape index (κ3) is 6.36. The molecule has 1 amide bonds. The molecule has 0 aliphatic carbocycles. The summed E-state index contributed by atoms with van der Waals surface area (Å²) >= 11 is 0. The molecule has 0 unspecified atom stereocenters. The molecule has 0 spiro atoms. The minimum Gasteiger partial charge on any atom is -0.383 e. The van der Waals surface area contributed by atoms with Crippen molar-refractivity contribution in [1.29, 1.82) is 0 Å². The van der Waals surface area contributed by atoms with Gasteiger partial charge in [-0.2, -0.15) is 4.98 Å². The molecule has 4 N–H and O–H groups in total. The summed E-state index contributed by atoms with van der Waals surface area (Å²) in [6.07, 6.45) is 4.49. The fourth-order valence-corrected chi connectivity index (χ4v) is 4.78. The highest BCUT2D eigenvalue weighted by atomic mass is 32.2. The lowest BCUT2D eigenvalue weighted by Crippen LogP contribution is -2.31. The van der Waals surface area contributed by atoms with Gasteiger partial charge in [-0.25, -0.2) is 18.4 Å². The molecule has 13 heteroatoms. The highest BCUT2D eigenvalue weighted by molar-refractivity contribution is 7.92. The summed E-state index contributed by atoms with van der Waals surface area (Å²) in [5, 5.41) is 10.1. The number of nitrogens with zero attached hydrogens (tertiary/aromatic N) is 4. The Morgan fingerprint density at radius 2 is 1.92 bits per heavy atom. The quantitative estimate of drug-likeness (QED) is 0.199. The van der Waals surface area contributed by atoms with E-state index >= 15 is 0 Å². The van der Waals surface area contributed by atoms with Crippen molar-refractivity contribution in [3.05, 3.63) is 66.1 Å². The maximum Gasteiger partial charge on any atom is 0.251 e. The fourth-order valence-electron chi connectivity index (χ4n) is 3.85. The molecule has 0 radical (unpaired) electrons. The molecule has 1 aromatic carbocycles. The van der Waals surface area contributed by atoms with Gasteiger partial charge in [0.15, 0.2) is 5.82 Å². The number of aromatic amines is 1. The molecule has 3 heterocycles. The number of sulfonamides is 1. The SMILES string of the molecule is CCN(c1ncccc1NCc1nc(Nc2ccc(C(=O)NCCOC)cc2)nc2[nH]ccc12)S(C)(=O)=O. The lowest BCUT2D eigenvalue weighted by atomic mass is 10.2. The van der Waals surface area contributed by atoms with E-state index in [4.69, 9.17) is 4.74 Å². The van der Waals surface area contributed by atoms with Crippen LogP contribution in [0.25, 0.3) is 11.0 Å². The zero-order valence-corrected chi connectivity index (χ0v) is 22.2. The van der Waals surface area contributed by atoms with Crippen LogP contribution in [-0.4, -0.2) is 67.3 Å². The van der Waals surface area contributed by atoms with Crippen molar-refractivity contribution in [2.24, 2.45) is 0 Å². The molecule has 200 valence electrons. The first-order valence-corrected chi connectivity index (χ1v) is 13.8. The molecule has 4 aromatic rings. The van der Waals surface area contributed by atoms with Crippen LogP contribution < -0.4 is 20.3 Å². The van der Waals surface area contributed by atoms with Crippen LogP contribution in [0.2, 0.25) is 0 Å². The number of hydrogen-bond acceptors (Lipinski definition) is 9. The third-order valence-electron chi connectivity index (χ3n) is 5.65. The van der Waals surface area contributed by atoms with Crippen molar-refractivity contribution < 1.29 is 17.9 Å². The second kappa shape index (κ2) is 11.9. The van der Waals surface area contributed by atoms with E-state index in [-0.39, 0.29) is 12.5 Å². The predicted octanol–water partition coefficient (Wildman–Crippen LogP) is 2.87. The minimum atomic E-state index is -3.50. The number of amides is 1. The number of aromatic nitrogens is 4. The molecule has 0 aliphatic heterocycles. The maximum absolute atomic E-state index is 12.3. The van der Waals surface area contributed by atoms with Crippen LogP contribution in [0.1, 0.15) is 23.0 Å². The molecule has 38 heavy (non-hydrogen) atoms. The number of carbonyl (C=O) groups is 1. The van der Waals surface area contributed by atoms with Crippen LogP contribution in [0, 0.1) is 0 Å². The van der Waals surface area contributed by atoms with Gasteiger partial charge in [0.25, 0.3) is 5.91 Å². The molecule has 12 nitrogen and oxygen atoms in total. The molecule has 0 bridgehead atoms. The van der Waals surface area contributed by atoms with Crippen LogP contribution in [0.5, 0.6) is 0 Å². The van der Waals surface area contributed by atoms with E-state index in [1.807, 2.05) is 6.07 Å². The summed E-state index contributed by atoms with van der Waals surface area (Å²) in [5.74, 6) is 0.506. The van der Waals surface area contributed by atoms with Gasteiger partial charge in [-0.15, -0.1) is 0 Å². The van der Waals surface area contributed by atoms with E-state index in [9.17, 15) is 13.2 Å². The zero-order valence-electron chi connectivity index (χ0n) is 21.4. The van der Waals surface area contributed by atoms with E-state index < -0.39 is 10.0 Å². The van der Waals surface area contributed by atoms with E-state index in [1.54, 1.807) is 62.8 Å². The number of fused-ring (bicyclic) bond motifs is 1. The fraction of sp³-hybridized carbons (Fsp3) is 0.280. The molecular formula is C25H30N8O4S. The number of rotatable bonds is 12. The molecule has 0 saturated heterocycles. The van der Waals surface area contributed by atoms with E-state index in [0.717, 1.165) is 11.6 Å². The number of methoxy groups -OCH3 is 1.